The van der Waals surface area contributed by atoms with Crippen LogP contribution < -0.4 is 0 Å². The molecule has 136 valence electrons. The van der Waals surface area contributed by atoms with Crippen molar-refractivity contribution in [3.8, 4) is 0 Å². The number of carbonyl (C=O) groups excluding carboxylic acids is 3. The molecule has 0 aliphatic heterocycles. The summed E-state index contributed by atoms with van der Waals surface area (Å²) in [6.07, 6.45) is 9.26. The Morgan fingerprint density at radius 1 is 1.12 bits per heavy atom. The van der Waals surface area contributed by atoms with E-state index in [1.807, 2.05) is 0 Å². The van der Waals surface area contributed by atoms with Crippen LogP contribution in [0.2, 0.25) is 0 Å². The second-order valence-corrected chi connectivity index (χ2v) is 9.66. The van der Waals surface area contributed by atoms with Crippen molar-refractivity contribution in [2.24, 2.45) is 40.4 Å². The van der Waals surface area contributed by atoms with Gasteiger partial charge in [-0.25, -0.2) is 0 Å². The van der Waals surface area contributed by atoms with Crippen molar-refractivity contribution >= 4 is 17.9 Å². The summed E-state index contributed by atoms with van der Waals surface area (Å²) < 4.78 is 0. The van der Waals surface area contributed by atoms with Gasteiger partial charge in [-0.2, -0.15) is 0 Å². The quantitative estimate of drug-likeness (QED) is 0.708. The highest BCUT2D eigenvalue weighted by molar-refractivity contribution is 5.95. The van der Waals surface area contributed by atoms with Crippen LogP contribution in [0.4, 0.5) is 0 Å². The molecule has 0 heterocycles. The number of ketones is 2. The predicted octanol–water partition coefficient (Wildman–Crippen LogP) is 4.15. The smallest absolute Gasteiger partial charge is 0.155 e. The van der Waals surface area contributed by atoms with E-state index in [0.717, 1.165) is 44.0 Å². The average Bonchev–Trinajstić information content (AvgIpc) is 2.93. The van der Waals surface area contributed by atoms with E-state index in [1.165, 1.54) is 0 Å². The Labute approximate surface area is 150 Å². The zero-order chi connectivity index (χ0) is 18.0. The summed E-state index contributed by atoms with van der Waals surface area (Å²) in [4.78, 5) is 36.5. The molecule has 3 fully saturated rings. The van der Waals surface area contributed by atoms with Gasteiger partial charge in [0.15, 0.2) is 5.78 Å². The second-order valence-electron chi connectivity index (χ2n) is 9.66. The van der Waals surface area contributed by atoms with E-state index >= 15 is 0 Å². The van der Waals surface area contributed by atoms with Gasteiger partial charge in [0, 0.05) is 24.7 Å². The monoisotopic (exact) mass is 342 g/mol. The van der Waals surface area contributed by atoms with E-state index < -0.39 is 0 Å². The van der Waals surface area contributed by atoms with Crippen molar-refractivity contribution in [1.82, 2.24) is 0 Å². The van der Waals surface area contributed by atoms with Gasteiger partial charge in [0.05, 0.1) is 0 Å². The maximum absolute atomic E-state index is 13.1. The highest BCUT2D eigenvalue weighted by Gasteiger charge is 2.61. The van der Waals surface area contributed by atoms with Crippen molar-refractivity contribution < 1.29 is 14.4 Å². The van der Waals surface area contributed by atoms with Gasteiger partial charge in [-0.05, 0) is 66.8 Å². The first-order valence-corrected chi connectivity index (χ1v) is 10.0. The minimum Gasteiger partial charge on any atom is -0.303 e. The molecule has 0 N–H and O–H groups in total. The molecular weight excluding hydrogens is 312 g/mol. The molecule has 0 amide bonds. The molecule has 25 heavy (non-hydrogen) atoms. The van der Waals surface area contributed by atoms with Crippen LogP contribution in [-0.4, -0.2) is 17.9 Å². The molecule has 0 unspecified atom stereocenters. The summed E-state index contributed by atoms with van der Waals surface area (Å²) in [6.45, 7) is 6.70. The Kier molecular flexibility index (Phi) is 3.86. The van der Waals surface area contributed by atoms with Gasteiger partial charge in [-0.3, -0.25) is 9.59 Å². The molecule has 3 nitrogen and oxygen atoms in total. The van der Waals surface area contributed by atoms with Crippen molar-refractivity contribution in [3.05, 3.63) is 11.6 Å². The summed E-state index contributed by atoms with van der Waals surface area (Å²) in [5, 5.41) is 0. The standard InChI is InChI=1S/C22H30O3/c1-13(12-23)16-4-5-17-20-18(7-9-22(16,17)3)21(2)8-6-15(24)10-14(21)11-19(20)25/h10,12-13,16-18,20H,4-9,11H2,1-3H3/t13-,16-,17+,18+,20+,21+,22-/m1/s1. The Morgan fingerprint density at radius 3 is 2.60 bits per heavy atom. The first-order valence-electron chi connectivity index (χ1n) is 10.0. The van der Waals surface area contributed by atoms with Gasteiger partial charge in [0.1, 0.15) is 12.1 Å². The largest absolute Gasteiger partial charge is 0.303 e. The summed E-state index contributed by atoms with van der Waals surface area (Å²) in [5.41, 5.74) is 1.26. The van der Waals surface area contributed by atoms with Gasteiger partial charge in [0.25, 0.3) is 0 Å². The highest BCUT2D eigenvalue weighted by atomic mass is 16.1. The van der Waals surface area contributed by atoms with Crippen LogP contribution in [0.5, 0.6) is 0 Å². The van der Waals surface area contributed by atoms with E-state index in [1.54, 1.807) is 6.08 Å². The van der Waals surface area contributed by atoms with E-state index in [9.17, 15) is 14.4 Å². The molecule has 0 aromatic rings. The van der Waals surface area contributed by atoms with E-state index in [0.29, 0.717) is 36.4 Å². The number of aldehydes is 1. The number of hydrogen-bond donors (Lipinski definition) is 0. The molecule has 3 saturated carbocycles. The molecule has 0 saturated heterocycles. The fourth-order valence-electron chi connectivity index (χ4n) is 7.26. The maximum atomic E-state index is 13.1. The van der Waals surface area contributed by atoms with Crippen LogP contribution in [0.15, 0.2) is 11.6 Å². The Hall–Kier alpha value is -1.25. The fraction of sp³-hybridized carbons (Fsp3) is 0.773. The van der Waals surface area contributed by atoms with Crippen molar-refractivity contribution in [3.63, 3.8) is 0 Å². The van der Waals surface area contributed by atoms with Crippen molar-refractivity contribution in [2.45, 2.75) is 65.7 Å². The average molecular weight is 342 g/mol. The third-order valence-electron chi connectivity index (χ3n) is 8.71. The lowest BCUT2D eigenvalue weighted by molar-refractivity contribution is -0.141. The van der Waals surface area contributed by atoms with Crippen LogP contribution in [0.3, 0.4) is 0 Å². The van der Waals surface area contributed by atoms with E-state index in [4.69, 9.17) is 0 Å². The SMILES string of the molecule is C[C@H](C=O)[C@H]1CC[C@H]2[C@@H]3C(=O)CC4=CC(=O)CC[C@]4(C)[C@H]3CC[C@]12C. The van der Waals surface area contributed by atoms with Gasteiger partial charge >= 0.3 is 0 Å². The predicted molar refractivity (Wildman–Crippen MR) is 95.8 cm³/mol. The Morgan fingerprint density at radius 2 is 1.88 bits per heavy atom. The van der Waals surface area contributed by atoms with Crippen molar-refractivity contribution in [1.29, 1.82) is 0 Å². The van der Waals surface area contributed by atoms with Crippen LogP contribution in [0.1, 0.15) is 65.7 Å². The fourth-order valence-corrected chi connectivity index (χ4v) is 7.26. The molecule has 0 aromatic heterocycles. The lowest BCUT2D eigenvalue weighted by atomic mass is 9.46. The first kappa shape index (κ1) is 17.2. The molecular formula is C22H30O3. The van der Waals surface area contributed by atoms with Gasteiger partial charge in [0.2, 0.25) is 0 Å². The normalized spacial score (nSPS) is 47.4. The zero-order valence-electron chi connectivity index (χ0n) is 15.7. The van der Waals surface area contributed by atoms with Gasteiger partial charge < -0.3 is 4.79 Å². The Balaban J connectivity index is 1.71. The Bertz CT molecular complexity index is 662. The summed E-state index contributed by atoms with van der Waals surface area (Å²) >= 11 is 0. The third-order valence-corrected chi connectivity index (χ3v) is 8.71. The van der Waals surface area contributed by atoms with E-state index in [2.05, 4.69) is 20.8 Å². The lowest BCUT2D eigenvalue weighted by Crippen LogP contribution is -2.54. The topological polar surface area (TPSA) is 51.2 Å². The number of rotatable bonds is 2. The van der Waals surface area contributed by atoms with Crippen molar-refractivity contribution in [2.75, 3.05) is 0 Å². The third kappa shape index (κ3) is 2.27. The molecule has 0 bridgehead atoms. The molecule has 0 spiro atoms. The molecule has 4 aliphatic carbocycles. The summed E-state index contributed by atoms with van der Waals surface area (Å²) in [6, 6.07) is 0. The van der Waals surface area contributed by atoms with Crippen LogP contribution >= 0.6 is 0 Å². The summed E-state index contributed by atoms with van der Waals surface area (Å²) in [5.74, 6) is 2.00. The minimum absolute atomic E-state index is 0.0299. The zero-order valence-corrected chi connectivity index (χ0v) is 15.7. The number of carbonyl (C=O) groups is 3. The van der Waals surface area contributed by atoms with Crippen LogP contribution in [-0.2, 0) is 14.4 Å². The molecule has 0 aromatic carbocycles. The number of Topliss-reactive ketones (excluding diaryl/α,β-unsaturated/α-hetero) is 1. The molecule has 0 radical (unpaired) electrons. The highest BCUT2D eigenvalue weighted by Crippen LogP contribution is 2.66. The maximum Gasteiger partial charge on any atom is 0.155 e. The van der Waals surface area contributed by atoms with E-state index in [-0.39, 0.29) is 28.4 Å². The molecule has 4 rings (SSSR count). The lowest BCUT2D eigenvalue weighted by Gasteiger charge is -2.57. The minimum atomic E-state index is 0.0299. The number of hydrogen-bond acceptors (Lipinski definition) is 3. The van der Waals surface area contributed by atoms with Crippen LogP contribution in [0, 0.1) is 40.4 Å². The molecule has 3 heteroatoms. The van der Waals surface area contributed by atoms with Gasteiger partial charge in [-0.1, -0.05) is 26.3 Å². The number of fused-ring (bicyclic) bond motifs is 5. The first-order chi connectivity index (χ1) is 11.8. The molecule has 7 atom stereocenters. The van der Waals surface area contributed by atoms with Gasteiger partial charge in [-0.15, -0.1) is 0 Å². The van der Waals surface area contributed by atoms with Crippen LogP contribution in [0.25, 0.3) is 0 Å². The second kappa shape index (κ2) is 5.62. The number of allylic oxidation sites excluding steroid dienone is 1. The molecule has 4 aliphatic rings. The summed E-state index contributed by atoms with van der Waals surface area (Å²) in [7, 11) is 0.